The second-order valence-electron chi connectivity index (χ2n) is 5.15. The third-order valence-corrected chi connectivity index (χ3v) is 3.71. The Morgan fingerprint density at radius 1 is 0.810 bits per heavy atom. The molecule has 5 N–H and O–H groups in total. The molecule has 1 aromatic heterocycles. The lowest BCUT2D eigenvalue weighted by Gasteiger charge is -2.01. The molecule has 0 spiro atoms. The van der Waals surface area contributed by atoms with Crippen molar-refractivity contribution in [3.05, 3.63) is 54.6 Å². The Labute approximate surface area is 121 Å². The van der Waals surface area contributed by atoms with Crippen LogP contribution in [0, 0.1) is 0 Å². The summed E-state index contributed by atoms with van der Waals surface area (Å²) in [5.41, 5.74) is 15.7. The summed E-state index contributed by atoms with van der Waals surface area (Å²) in [6.07, 6.45) is 0. The standard InChI is InChI=1S/C17H14N4/c18-13-6-5-12(7-14(13)19)17-20-15-8-10-3-1-2-4-11(10)9-16(15)21-17/h1-9H,18-19H2,(H,20,21). The monoisotopic (exact) mass is 274 g/mol. The van der Waals surface area contributed by atoms with Gasteiger partial charge in [-0.05, 0) is 41.1 Å². The number of fused-ring (bicyclic) bond motifs is 2. The molecule has 0 saturated carbocycles. The average molecular weight is 274 g/mol. The SMILES string of the molecule is Nc1ccc(-c2nc3cc4ccccc4cc3[nH]2)cc1N. The van der Waals surface area contributed by atoms with E-state index >= 15 is 0 Å². The maximum Gasteiger partial charge on any atom is 0.138 e. The van der Waals surface area contributed by atoms with E-state index in [2.05, 4.69) is 34.2 Å². The van der Waals surface area contributed by atoms with E-state index in [1.54, 1.807) is 6.07 Å². The predicted octanol–water partition coefficient (Wildman–Crippen LogP) is 3.55. The first-order valence-electron chi connectivity index (χ1n) is 6.74. The maximum absolute atomic E-state index is 5.87. The highest BCUT2D eigenvalue weighted by Crippen LogP contribution is 2.27. The molecular weight excluding hydrogens is 260 g/mol. The predicted molar refractivity (Wildman–Crippen MR) is 87.9 cm³/mol. The van der Waals surface area contributed by atoms with E-state index < -0.39 is 0 Å². The molecule has 0 amide bonds. The molecule has 0 aliphatic heterocycles. The van der Waals surface area contributed by atoms with E-state index in [1.807, 2.05) is 24.3 Å². The van der Waals surface area contributed by atoms with Crippen LogP contribution in [0.5, 0.6) is 0 Å². The summed E-state index contributed by atoms with van der Waals surface area (Å²) >= 11 is 0. The van der Waals surface area contributed by atoms with Gasteiger partial charge in [-0.25, -0.2) is 4.98 Å². The molecule has 0 bridgehead atoms. The third-order valence-electron chi connectivity index (χ3n) is 3.71. The van der Waals surface area contributed by atoms with E-state index in [4.69, 9.17) is 11.5 Å². The van der Waals surface area contributed by atoms with Crippen LogP contribution in [0.2, 0.25) is 0 Å². The highest BCUT2D eigenvalue weighted by molar-refractivity contribution is 5.96. The molecule has 0 atom stereocenters. The van der Waals surface area contributed by atoms with Crippen LogP contribution in [0.25, 0.3) is 33.2 Å². The molecule has 4 heteroatoms. The minimum absolute atomic E-state index is 0.568. The van der Waals surface area contributed by atoms with Gasteiger partial charge in [-0.3, -0.25) is 0 Å². The van der Waals surface area contributed by atoms with E-state index in [0.717, 1.165) is 22.4 Å². The van der Waals surface area contributed by atoms with Crippen molar-refractivity contribution in [3.63, 3.8) is 0 Å². The van der Waals surface area contributed by atoms with Crippen molar-refractivity contribution < 1.29 is 0 Å². The van der Waals surface area contributed by atoms with Crippen molar-refractivity contribution in [2.45, 2.75) is 0 Å². The minimum atomic E-state index is 0.568. The Morgan fingerprint density at radius 2 is 1.57 bits per heavy atom. The summed E-state index contributed by atoms with van der Waals surface area (Å²) in [7, 11) is 0. The molecule has 0 aliphatic rings. The number of rotatable bonds is 1. The lowest BCUT2D eigenvalue weighted by atomic mass is 10.1. The Balaban J connectivity index is 1.93. The molecule has 21 heavy (non-hydrogen) atoms. The number of hydrogen-bond acceptors (Lipinski definition) is 3. The van der Waals surface area contributed by atoms with E-state index in [9.17, 15) is 0 Å². The van der Waals surface area contributed by atoms with Gasteiger partial charge in [0.1, 0.15) is 5.82 Å². The van der Waals surface area contributed by atoms with Gasteiger partial charge < -0.3 is 16.5 Å². The summed E-state index contributed by atoms with van der Waals surface area (Å²) in [4.78, 5) is 8.00. The molecule has 1 heterocycles. The first-order chi connectivity index (χ1) is 10.2. The topological polar surface area (TPSA) is 80.7 Å². The maximum atomic E-state index is 5.87. The smallest absolute Gasteiger partial charge is 0.138 e. The largest absolute Gasteiger partial charge is 0.397 e. The lowest BCUT2D eigenvalue weighted by Crippen LogP contribution is -1.94. The number of imidazole rings is 1. The summed E-state index contributed by atoms with van der Waals surface area (Å²) in [5, 5.41) is 2.37. The van der Waals surface area contributed by atoms with Crippen molar-refractivity contribution in [1.29, 1.82) is 0 Å². The van der Waals surface area contributed by atoms with Crippen molar-refractivity contribution >= 4 is 33.2 Å². The number of nitrogens with one attached hydrogen (secondary N) is 1. The fourth-order valence-corrected chi connectivity index (χ4v) is 2.56. The van der Waals surface area contributed by atoms with Crippen LogP contribution >= 0.6 is 0 Å². The van der Waals surface area contributed by atoms with Gasteiger partial charge in [0.05, 0.1) is 22.4 Å². The van der Waals surface area contributed by atoms with Gasteiger partial charge in [-0.15, -0.1) is 0 Å². The molecule has 0 radical (unpaired) electrons. The second kappa shape index (κ2) is 4.24. The molecule has 102 valence electrons. The zero-order valence-corrected chi connectivity index (χ0v) is 11.3. The molecule has 3 aromatic carbocycles. The second-order valence-corrected chi connectivity index (χ2v) is 5.15. The summed E-state index contributed by atoms with van der Waals surface area (Å²) in [6, 6.07) is 18.0. The molecule has 4 rings (SSSR count). The van der Waals surface area contributed by atoms with Crippen LogP contribution in [0.15, 0.2) is 54.6 Å². The van der Waals surface area contributed by atoms with Gasteiger partial charge in [0, 0.05) is 5.56 Å². The minimum Gasteiger partial charge on any atom is -0.397 e. The number of aromatic nitrogens is 2. The summed E-state index contributed by atoms with van der Waals surface area (Å²) < 4.78 is 0. The molecule has 4 nitrogen and oxygen atoms in total. The highest BCUT2D eigenvalue weighted by Gasteiger charge is 2.07. The molecule has 0 fully saturated rings. The highest BCUT2D eigenvalue weighted by atomic mass is 14.9. The number of nitrogens with zero attached hydrogens (tertiary/aromatic N) is 1. The van der Waals surface area contributed by atoms with Crippen LogP contribution in [0.3, 0.4) is 0 Å². The van der Waals surface area contributed by atoms with Crippen LogP contribution in [0.4, 0.5) is 11.4 Å². The fourth-order valence-electron chi connectivity index (χ4n) is 2.56. The van der Waals surface area contributed by atoms with Gasteiger partial charge in [0.2, 0.25) is 0 Å². The van der Waals surface area contributed by atoms with Crippen LogP contribution < -0.4 is 11.5 Å². The number of benzene rings is 3. The molecular formula is C17H14N4. The number of nitrogens with two attached hydrogens (primary N) is 2. The normalized spacial score (nSPS) is 11.2. The van der Waals surface area contributed by atoms with Gasteiger partial charge in [-0.1, -0.05) is 24.3 Å². The Bertz CT molecular complexity index is 917. The van der Waals surface area contributed by atoms with Crippen LogP contribution in [-0.4, -0.2) is 9.97 Å². The van der Waals surface area contributed by atoms with Crippen LogP contribution in [-0.2, 0) is 0 Å². The van der Waals surface area contributed by atoms with E-state index in [1.165, 1.54) is 10.8 Å². The summed E-state index contributed by atoms with van der Waals surface area (Å²) in [6.45, 7) is 0. The number of nitrogen functional groups attached to an aromatic ring is 2. The fraction of sp³-hybridized carbons (Fsp3) is 0. The molecule has 4 aromatic rings. The average Bonchev–Trinajstić information content (AvgIpc) is 2.90. The van der Waals surface area contributed by atoms with Crippen molar-refractivity contribution in [2.24, 2.45) is 0 Å². The Morgan fingerprint density at radius 3 is 2.33 bits per heavy atom. The van der Waals surface area contributed by atoms with Crippen molar-refractivity contribution in [3.8, 4) is 11.4 Å². The Kier molecular flexibility index (Phi) is 2.38. The molecule has 0 unspecified atom stereocenters. The number of H-pyrrole nitrogens is 1. The number of aromatic amines is 1. The van der Waals surface area contributed by atoms with Gasteiger partial charge >= 0.3 is 0 Å². The van der Waals surface area contributed by atoms with Crippen molar-refractivity contribution in [2.75, 3.05) is 11.5 Å². The zero-order chi connectivity index (χ0) is 14.4. The van der Waals surface area contributed by atoms with Gasteiger partial charge in [0.15, 0.2) is 0 Å². The van der Waals surface area contributed by atoms with Crippen molar-refractivity contribution in [1.82, 2.24) is 9.97 Å². The quantitative estimate of drug-likeness (QED) is 0.464. The van der Waals surface area contributed by atoms with Gasteiger partial charge in [-0.2, -0.15) is 0 Å². The first-order valence-corrected chi connectivity index (χ1v) is 6.74. The number of anilines is 2. The third kappa shape index (κ3) is 1.89. The van der Waals surface area contributed by atoms with Gasteiger partial charge in [0.25, 0.3) is 0 Å². The lowest BCUT2D eigenvalue weighted by molar-refractivity contribution is 1.34. The zero-order valence-electron chi connectivity index (χ0n) is 11.3. The van der Waals surface area contributed by atoms with E-state index in [-0.39, 0.29) is 0 Å². The number of hydrogen-bond donors (Lipinski definition) is 3. The first kappa shape index (κ1) is 11.8. The van der Waals surface area contributed by atoms with Crippen LogP contribution in [0.1, 0.15) is 0 Å². The summed E-state index contributed by atoms with van der Waals surface area (Å²) in [5.74, 6) is 0.798. The Hall–Kier alpha value is -3.01. The van der Waals surface area contributed by atoms with E-state index in [0.29, 0.717) is 11.4 Å². The molecule has 0 aliphatic carbocycles. The molecule has 0 saturated heterocycles.